The van der Waals surface area contributed by atoms with Crippen LogP contribution in [0.3, 0.4) is 0 Å². The average Bonchev–Trinajstić information content (AvgIpc) is 2.88. The lowest BCUT2D eigenvalue weighted by Crippen LogP contribution is -2.47. The number of carbonyl (C=O) groups is 1. The van der Waals surface area contributed by atoms with Gasteiger partial charge in [0.25, 0.3) is 0 Å². The molecule has 0 fully saturated rings. The second kappa shape index (κ2) is 6.81. The molecule has 0 saturated carbocycles. The summed E-state index contributed by atoms with van der Waals surface area (Å²) in [5, 5.41) is 4.93. The van der Waals surface area contributed by atoms with Gasteiger partial charge in [0.05, 0.1) is 6.04 Å². The number of benzene rings is 1. The fourth-order valence-electron chi connectivity index (χ4n) is 3.72. The quantitative estimate of drug-likeness (QED) is 0.828. The number of rotatable bonds is 5. The normalized spacial score (nSPS) is 20.2. The van der Waals surface area contributed by atoms with Gasteiger partial charge in [0.15, 0.2) is 0 Å². The summed E-state index contributed by atoms with van der Waals surface area (Å²) in [6, 6.07) is 6.39. The summed E-state index contributed by atoms with van der Waals surface area (Å²) in [5.41, 5.74) is 3.69. The number of hydrogen-bond donors (Lipinski definition) is 2. The van der Waals surface area contributed by atoms with Gasteiger partial charge < -0.3 is 9.88 Å². The fraction of sp³-hybridized carbons (Fsp3) is 0.450. The number of nitrogens with one attached hydrogen (secondary N) is 2. The lowest BCUT2D eigenvalue weighted by Gasteiger charge is -2.27. The minimum absolute atomic E-state index is 0.130. The zero-order valence-electron chi connectivity index (χ0n) is 14.8. The van der Waals surface area contributed by atoms with Crippen LogP contribution < -0.4 is 5.32 Å². The van der Waals surface area contributed by atoms with Crippen molar-refractivity contribution >= 4 is 16.8 Å². The van der Waals surface area contributed by atoms with Crippen LogP contribution >= 0.6 is 0 Å². The van der Waals surface area contributed by atoms with E-state index in [2.05, 4.69) is 55.1 Å². The molecule has 3 rings (SSSR count). The van der Waals surface area contributed by atoms with Gasteiger partial charge in [-0.2, -0.15) is 0 Å². The third-order valence-electron chi connectivity index (χ3n) is 4.81. The molecule has 0 saturated heterocycles. The Morgan fingerprint density at radius 2 is 2.25 bits per heavy atom. The molecule has 2 heterocycles. The molecule has 1 aromatic heterocycles. The summed E-state index contributed by atoms with van der Waals surface area (Å²) < 4.78 is 0. The van der Waals surface area contributed by atoms with Crippen LogP contribution in [-0.2, 0) is 11.2 Å². The van der Waals surface area contributed by atoms with E-state index in [0.717, 1.165) is 11.9 Å². The van der Waals surface area contributed by atoms with E-state index in [1.54, 1.807) is 11.0 Å². The minimum Gasteiger partial charge on any atom is -0.361 e. The number of nitrogens with zero attached hydrogens (tertiary/aromatic N) is 1. The van der Waals surface area contributed by atoms with E-state index in [-0.39, 0.29) is 18.0 Å². The molecular formula is C20H27N3O. The molecule has 1 aromatic carbocycles. The van der Waals surface area contributed by atoms with Gasteiger partial charge in [-0.3, -0.25) is 10.1 Å². The zero-order valence-corrected chi connectivity index (χ0v) is 14.8. The largest absolute Gasteiger partial charge is 0.361 e. The van der Waals surface area contributed by atoms with E-state index in [1.165, 1.54) is 16.5 Å². The summed E-state index contributed by atoms with van der Waals surface area (Å²) in [6.07, 6.45) is 5.55. The van der Waals surface area contributed by atoms with Crippen LogP contribution in [0.5, 0.6) is 0 Å². The Balaban J connectivity index is 2.00. The first kappa shape index (κ1) is 16.8. The van der Waals surface area contributed by atoms with Crippen LogP contribution in [0.25, 0.3) is 10.9 Å². The van der Waals surface area contributed by atoms with Gasteiger partial charge in [-0.25, -0.2) is 0 Å². The lowest BCUT2D eigenvalue weighted by atomic mass is 9.94. The van der Waals surface area contributed by atoms with Crippen LogP contribution in [0.4, 0.5) is 0 Å². The maximum Gasteiger partial charge on any atom is 0.240 e. The van der Waals surface area contributed by atoms with Gasteiger partial charge in [0.1, 0.15) is 0 Å². The van der Waals surface area contributed by atoms with Crippen molar-refractivity contribution in [2.75, 3.05) is 13.6 Å². The molecule has 1 amide bonds. The van der Waals surface area contributed by atoms with Crippen molar-refractivity contribution in [2.24, 2.45) is 5.92 Å². The van der Waals surface area contributed by atoms with E-state index >= 15 is 0 Å². The Hall–Kier alpha value is -2.07. The Bertz CT molecular complexity index is 746. The second-order valence-electron chi connectivity index (χ2n) is 7.20. The third-order valence-corrected chi connectivity index (χ3v) is 4.81. The van der Waals surface area contributed by atoms with Crippen molar-refractivity contribution in [3.63, 3.8) is 0 Å². The summed E-state index contributed by atoms with van der Waals surface area (Å²) in [4.78, 5) is 18.0. The van der Waals surface area contributed by atoms with Crippen molar-refractivity contribution in [2.45, 2.75) is 38.8 Å². The average molecular weight is 325 g/mol. The number of likely N-dealkylation sites (N-methyl/N-ethyl adjacent to an activating group) is 1. The molecule has 0 aliphatic carbocycles. The number of aromatic nitrogens is 1. The predicted octanol–water partition coefficient (Wildman–Crippen LogP) is 3.41. The van der Waals surface area contributed by atoms with Gasteiger partial charge in [0.2, 0.25) is 5.91 Å². The molecule has 0 spiro atoms. The SMILES string of the molecule is C=CCN(C)C(=O)[C@@H]1Cc2c[nH]c3cccc(c23)[C@H](CC(C)C)N1. The summed E-state index contributed by atoms with van der Waals surface area (Å²) in [5.74, 6) is 0.686. The summed E-state index contributed by atoms with van der Waals surface area (Å²) >= 11 is 0. The third kappa shape index (κ3) is 3.11. The van der Waals surface area contributed by atoms with E-state index in [9.17, 15) is 4.79 Å². The van der Waals surface area contributed by atoms with Gasteiger partial charge in [-0.15, -0.1) is 6.58 Å². The number of H-pyrrole nitrogens is 1. The molecule has 4 nitrogen and oxygen atoms in total. The summed E-state index contributed by atoms with van der Waals surface area (Å²) in [6.45, 7) is 8.76. The molecule has 4 heteroatoms. The monoisotopic (exact) mass is 325 g/mol. The van der Waals surface area contributed by atoms with E-state index in [4.69, 9.17) is 0 Å². The molecule has 0 unspecified atom stereocenters. The molecule has 1 aliphatic heterocycles. The van der Waals surface area contributed by atoms with Crippen molar-refractivity contribution in [3.8, 4) is 0 Å². The zero-order chi connectivity index (χ0) is 17.3. The Morgan fingerprint density at radius 1 is 1.46 bits per heavy atom. The first-order valence-corrected chi connectivity index (χ1v) is 8.72. The van der Waals surface area contributed by atoms with Crippen LogP contribution in [0.2, 0.25) is 0 Å². The van der Waals surface area contributed by atoms with Crippen molar-refractivity contribution in [1.82, 2.24) is 15.2 Å². The first-order chi connectivity index (χ1) is 11.5. The van der Waals surface area contributed by atoms with Crippen LogP contribution in [-0.4, -0.2) is 35.4 Å². The van der Waals surface area contributed by atoms with Crippen molar-refractivity contribution < 1.29 is 4.79 Å². The molecule has 0 bridgehead atoms. The Kier molecular flexibility index (Phi) is 4.76. The van der Waals surface area contributed by atoms with Crippen LogP contribution in [0, 0.1) is 5.92 Å². The number of hydrogen-bond acceptors (Lipinski definition) is 2. The van der Waals surface area contributed by atoms with Crippen molar-refractivity contribution in [1.29, 1.82) is 0 Å². The second-order valence-corrected chi connectivity index (χ2v) is 7.20. The molecule has 1 aliphatic rings. The Morgan fingerprint density at radius 3 is 2.96 bits per heavy atom. The highest BCUT2D eigenvalue weighted by atomic mass is 16.2. The molecule has 24 heavy (non-hydrogen) atoms. The Labute approximate surface area is 143 Å². The topological polar surface area (TPSA) is 48.1 Å². The molecule has 2 N–H and O–H groups in total. The van der Waals surface area contributed by atoms with Gasteiger partial charge >= 0.3 is 0 Å². The van der Waals surface area contributed by atoms with E-state index < -0.39 is 0 Å². The number of aromatic amines is 1. The maximum atomic E-state index is 12.9. The number of carbonyl (C=O) groups excluding carboxylic acids is 1. The number of amides is 1. The molecule has 128 valence electrons. The lowest BCUT2D eigenvalue weighted by molar-refractivity contribution is -0.131. The van der Waals surface area contributed by atoms with Gasteiger partial charge in [0, 0.05) is 36.7 Å². The fourth-order valence-corrected chi connectivity index (χ4v) is 3.72. The summed E-state index contributed by atoms with van der Waals surface area (Å²) in [7, 11) is 1.84. The highest BCUT2D eigenvalue weighted by Gasteiger charge is 2.31. The first-order valence-electron chi connectivity index (χ1n) is 8.72. The standard InChI is InChI=1S/C20H27N3O/c1-5-9-23(4)20(24)18-11-14-12-21-16-8-6-7-15(19(14)16)17(22-18)10-13(2)3/h5-8,12-13,17-18,21-22H,1,9-11H2,2-4H3/t17-,18-/m0/s1. The van der Waals surface area contributed by atoms with Crippen LogP contribution in [0.15, 0.2) is 37.1 Å². The van der Waals surface area contributed by atoms with Crippen molar-refractivity contribution in [3.05, 3.63) is 48.2 Å². The predicted molar refractivity (Wildman–Crippen MR) is 99.0 cm³/mol. The minimum atomic E-state index is -0.204. The highest BCUT2D eigenvalue weighted by molar-refractivity contribution is 5.90. The van der Waals surface area contributed by atoms with E-state index in [0.29, 0.717) is 18.9 Å². The molecule has 0 radical (unpaired) electrons. The van der Waals surface area contributed by atoms with E-state index in [1.807, 2.05) is 7.05 Å². The molecule has 2 atom stereocenters. The van der Waals surface area contributed by atoms with Gasteiger partial charge in [-0.05, 0) is 36.0 Å². The highest BCUT2D eigenvalue weighted by Crippen LogP contribution is 2.34. The molecular weight excluding hydrogens is 298 g/mol. The smallest absolute Gasteiger partial charge is 0.240 e. The van der Waals surface area contributed by atoms with Crippen LogP contribution in [0.1, 0.15) is 37.4 Å². The van der Waals surface area contributed by atoms with Gasteiger partial charge in [-0.1, -0.05) is 32.1 Å². The molecule has 2 aromatic rings. The maximum absolute atomic E-state index is 12.9.